The number of benzene rings is 1. The molecule has 5 aliphatic rings. The van der Waals surface area contributed by atoms with E-state index >= 15 is 4.39 Å². The average molecular weight is 738 g/mol. The summed E-state index contributed by atoms with van der Waals surface area (Å²) in [6.07, 6.45) is 8.79. The number of fused-ring (bicyclic) bond motifs is 3. The number of H-pyrrole nitrogens is 1. The van der Waals surface area contributed by atoms with Crippen molar-refractivity contribution < 1.29 is 33.2 Å². The SMILES string of the molecule is COc1nc(-c2c(C)c(Cl)cc3[nH]ncc23)c(F)c2nc(OCC34CCCC3N(C3CC5(C3)OCCO5)CCC4)nc(N3CCOC[C@@](C)(O)C3)c12. The Morgan fingerprint density at radius 1 is 1.12 bits per heavy atom. The monoisotopic (exact) mass is 737 g/mol. The van der Waals surface area contributed by atoms with Crippen molar-refractivity contribution in [3.63, 3.8) is 0 Å². The lowest BCUT2D eigenvalue weighted by Gasteiger charge is -2.55. The van der Waals surface area contributed by atoms with Crippen molar-refractivity contribution >= 4 is 39.2 Å². The first-order valence-corrected chi connectivity index (χ1v) is 18.8. The van der Waals surface area contributed by atoms with Crippen molar-refractivity contribution in [2.45, 2.75) is 82.3 Å². The molecule has 2 unspecified atom stereocenters. The number of aliphatic hydroxyl groups is 1. The summed E-state index contributed by atoms with van der Waals surface area (Å²) in [6, 6.07) is 2.61. The number of β-amino-alcohol motifs (C(OH)–C–C–N with tert-alkyl or cyclic N) is 1. The van der Waals surface area contributed by atoms with E-state index in [4.69, 9.17) is 50.2 Å². The number of anilines is 1. The standard InChI is InChI=1S/C37H45ClFN7O6/c1-21-24(38)14-25-23(17-40-44-25)27(21)30-29(39)31-28(33(41-30)48-3)32(45-10-11-49-19-35(2,47)18-45)43-34(42-31)50-20-36-7-4-6-26(36)46(9-5-8-36)22-15-37(16-22)51-12-13-52-37/h14,17,22,26,47H,4-13,15-16,18-20H2,1-3H3,(H,40,44)/t26?,35-,36?/m0/s1. The van der Waals surface area contributed by atoms with Gasteiger partial charge in [0.05, 0.1) is 58.4 Å². The maximum Gasteiger partial charge on any atom is 0.319 e. The summed E-state index contributed by atoms with van der Waals surface area (Å²) in [5, 5.41) is 19.7. The molecule has 1 aromatic carbocycles. The molecule has 3 aliphatic heterocycles. The number of hydrogen-bond acceptors (Lipinski definition) is 12. The smallest absolute Gasteiger partial charge is 0.319 e. The summed E-state index contributed by atoms with van der Waals surface area (Å²) >= 11 is 6.64. The topological polar surface area (TPSA) is 140 Å². The minimum atomic E-state index is -1.19. The zero-order valence-corrected chi connectivity index (χ0v) is 30.6. The zero-order chi connectivity index (χ0) is 35.8. The molecule has 0 bridgehead atoms. The second-order valence-electron chi connectivity index (χ2n) is 15.6. The van der Waals surface area contributed by atoms with E-state index in [2.05, 4.69) is 15.1 Å². The predicted octanol–water partition coefficient (Wildman–Crippen LogP) is 5.18. The van der Waals surface area contributed by atoms with Crippen molar-refractivity contribution in [1.82, 2.24) is 30.0 Å². The summed E-state index contributed by atoms with van der Waals surface area (Å²) in [7, 11) is 1.49. The Morgan fingerprint density at radius 2 is 1.92 bits per heavy atom. The maximum atomic E-state index is 17.2. The lowest BCUT2D eigenvalue weighted by molar-refractivity contribution is -0.242. The second kappa shape index (κ2) is 12.9. The fourth-order valence-electron chi connectivity index (χ4n) is 9.57. The van der Waals surface area contributed by atoms with Crippen LogP contribution in [0.4, 0.5) is 10.2 Å². The molecule has 1 spiro atoms. The number of likely N-dealkylation sites (tertiary alicyclic amines) is 1. The number of aromatic nitrogens is 5. The number of nitrogens with zero attached hydrogens (tertiary/aromatic N) is 6. The minimum Gasteiger partial charge on any atom is -0.480 e. The van der Waals surface area contributed by atoms with Crippen LogP contribution in [0, 0.1) is 18.2 Å². The van der Waals surface area contributed by atoms with Gasteiger partial charge in [0.1, 0.15) is 28.0 Å². The molecule has 15 heteroatoms. The van der Waals surface area contributed by atoms with Gasteiger partial charge in [-0.15, -0.1) is 0 Å². The Balaban J connectivity index is 1.12. The number of rotatable bonds is 7. The second-order valence-corrected chi connectivity index (χ2v) is 16.0. The first-order chi connectivity index (χ1) is 25.1. The highest BCUT2D eigenvalue weighted by molar-refractivity contribution is 6.33. The summed E-state index contributed by atoms with van der Waals surface area (Å²) in [4.78, 5) is 19.0. The lowest BCUT2D eigenvalue weighted by Crippen LogP contribution is -2.63. The van der Waals surface area contributed by atoms with Crippen LogP contribution in [0.3, 0.4) is 0 Å². The molecule has 13 nitrogen and oxygen atoms in total. The highest BCUT2D eigenvalue weighted by Crippen LogP contribution is 2.53. The van der Waals surface area contributed by atoms with Crippen LogP contribution < -0.4 is 14.4 Å². The fraction of sp³-hybridized carbons (Fsp3) is 0.622. The third kappa shape index (κ3) is 5.68. The van der Waals surface area contributed by atoms with Gasteiger partial charge in [-0.3, -0.25) is 10.00 Å². The van der Waals surface area contributed by atoms with Gasteiger partial charge in [-0.05, 0) is 57.7 Å². The lowest BCUT2D eigenvalue weighted by atomic mass is 9.72. The minimum absolute atomic E-state index is 0.00440. The third-order valence-electron chi connectivity index (χ3n) is 12.0. The van der Waals surface area contributed by atoms with Crippen molar-refractivity contribution in [2.24, 2.45) is 5.41 Å². The number of halogens is 2. The van der Waals surface area contributed by atoms with Gasteiger partial charge in [0.15, 0.2) is 11.6 Å². The van der Waals surface area contributed by atoms with Crippen LogP contribution in [0.5, 0.6) is 11.9 Å². The first-order valence-electron chi connectivity index (χ1n) is 18.4. The van der Waals surface area contributed by atoms with Gasteiger partial charge in [0.2, 0.25) is 5.88 Å². The highest BCUT2D eigenvalue weighted by atomic mass is 35.5. The molecule has 3 saturated heterocycles. The van der Waals surface area contributed by atoms with E-state index in [1.165, 1.54) is 7.11 Å². The van der Waals surface area contributed by atoms with Crippen LogP contribution in [0.2, 0.25) is 5.02 Å². The van der Waals surface area contributed by atoms with E-state index < -0.39 is 17.2 Å². The number of methoxy groups -OCH3 is 1. The molecule has 52 heavy (non-hydrogen) atoms. The molecule has 5 fully saturated rings. The van der Waals surface area contributed by atoms with Crippen LogP contribution >= 0.6 is 11.6 Å². The summed E-state index contributed by atoms with van der Waals surface area (Å²) in [6.45, 7) is 7.40. The van der Waals surface area contributed by atoms with Gasteiger partial charge in [-0.25, -0.2) is 9.37 Å². The van der Waals surface area contributed by atoms with Crippen LogP contribution in [0.15, 0.2) is 12.3 Å². The van der Waals surface area contributed by atoms with Crippen molar-refractivity contribution in [1.29, 1.82) is 0 Å². The molecular formula is C37H45ClFN7O6. The van der Waals surface area contributed by atoms with Gasteiger partial charge in [-0.1, -0.05) is 18.0 Å². The Bertz CT molecular complexity index is 2020. The number of hydrogen-bond donors (Lipinski definition) is 2. The Morgan fingerprint density at radius 3 is 2.73 bits per heavy atom. The predicted molar refractivity (Wildman–Crippen MR) is 191 cm³/mol. The van der Waals surface area contributed by atoms with Gasteiger partial charge < -0.3 is 33.7 Å². The van der Waals surface area contributed by atoms with E-state index in [0.29, 0.717) is 77.9 Å². The molecule has 2 N–H and O–H groups in total. The average Bonchev–Trinajstić information content (AvgIpc) is 3.87. The molecule has 3 atom stereocenters. The fourth-order valence-corrected chi connectivity index (χ4v) is 9.77. The summed E-state index contributed by atoms with van der Waals surface area (Å²) in [5.41, 5.74) is 0.553. The number of piperidine rings is 1. The quantitative estimate of drug-likeness (QED) is 0.258. The molecule has 3 aromatic heterocycles. The Hall–Kier alpha value is -3.40. The van der Waals surface area contributed by atoms with Gasteiger partial charge >= 0.3 is 6.01 Å². The van der Waals surface area contributed by atoms with Crippen LogP contribution in [0.25, 0.3) is 33.1 Å². The number of aromatic amines is 1. The molecular weight excluding hydrogens is 693 g/mol. The van der Waals surface area contributed by atoms with Crippen molar-refractivity contribution in [2.75, 3.05) is 64.7 Å². The normalized spacial score (nSPS) is 28.0. The van der Waals surface area contributed by atoms with E-state index in [-0.39, 0.29) is 47.1 Å². The molecule has 278 valence electrons. The van der Waals surface area contributed by atoms with Gasteiger partial charge in [-0.2, -0.15) is 15.1 Å². The van der Waals surface area contributed by atoms with Gasteiger partial charge in [0, 0.05) is 52.9 Å². The first kappa shape index (κ1) is 34.4. The maximum absolute atomic E-state index is 17.2. The van der Waals surface area contributed by atoms with E-state index in [1.807, 2.05) is 11.8 Å². The number of pyridine rings is 1. The van der Waals surface area contributed by atoms with Gasteiger partial charge in [0.25, 0.3) is 0 Å². The zero-order valence-electron chi connectivity index (χ0n) is 29.8. The molecule has 6 heterocycles. The Kier molecular flexibility index (Phi) is 8.51. The molecule has 9 rings (SSSR count). The van der Waals surface area contributed by atoms with Crippen LogP contribution in [-0.2, 0) is 14.2 Å². The molecule has 2 aliphatic carbocycles. The van der Waals surface area contributed by atoms with Crippen LogP contribution in [-0.4, -0.2) is 118 Å². The Labute approximate surface area is 306 Å². The van der Waals surface area contributed by atoms with Crippen molar-refractivity contribution in [3.8, 4) is 23.1 Å². The molecule has 4 aromatic rings. The molecule has 2 saturated carbocycles. The molecule has 0 radical (unpaired) electrons. The number of nitrogens with one attached hydrogen (secondary N) is 1. The molecule has 0 amide bonds. The van der Waals surface area contributed by atoms with E-state index in [9.17, 15) is 5.11 Å². The summed E-state index contributed by atoms with van der Waals surface area (Å²) in [5.74, 6) is -0.561. The summed E-state index contributed by atoms with van der Waals surface area (Å²) < 4.78 is 47.4. The van der Waals surface area contributed by atoms with Crippen molar-refractivity contribution in [3.05, 3.63) is 28.7 Å². The van der Waals surface area contributed by atoms with E-state index in [1.54, 1.807) is 19.2 Å². The van der Waals surface area contributed by atoms with E-state index in [0.717, 1.165) is 51.5 Å². The van der Waals surface area contributed by atoms with Crippen LogP contribution in [0.1, 0.15) is 57.4 Å². The largest absolute Gasteiger partial charge is 0.480 e. The number of ether oxygens (including phenoxy) is 5. The highest BCUT2D eigenvalue weighted by Gasteiger charge is 2.57. The third-order valence-corrected chi connectivity index (χ3v) is 12.4.